The van der Waals surface area contributed by atoms with Crippen molar-refractivity contribution in [1.29, 1.82) is 0 Å². The predicted molar refractivity (Wildman–Crippen MR) is 54.5 cm³/mol. The van der Waals surface area contributed by atoms with Crippen LogP contribution in [0.3, 0.4) is 0 Å². The van der Waals surface area contributed by atoms with Gasteiger partial charge in [0.05, 0.1) is 0 Å². The largest absolute Gasteiger partial charge is 0.368 e. The highest BCUT2D eigenvalue weighted by molar-refractivity contribution is 5.25. The molecule has 1 fully saturated rings. The maximum Gasteiger partial charge on any atom is 0.158 e. The van der Waals surface area contributed by atoms with E-state index in [9.17, 15) is 5.11 Å². The quantitative estimate of drug-likeness (QED) is 0.521. The van der Waals surface area contributed by atoms with E-state index in [2.05, 4.69) is 19.1 Å². The average molecular weight is 197 g/mol. The molecule has 5 unspecified atom stereocenters. The number of ether oxygens (including phenoxy) is 1. The summed E-state index contributed by atoms with van der Waals surface area (Å²) in [6, 6.07) is 0.0477. The molecule has 2 rings (SSSR count). The molecule has 0 bridgehead atoms. The molecule has 2 aliphatic rings. The molecule has 0 aliphatic heterocycles. The van der Waals surface area contributed by atoms with Gasteiger partial charge in [0.15, 0.2) is 6.29 Å². The molecular weight excluding hydrogens is 178 g/mol. The topological polar surface area (TPSA) is 55.5 Å². The molecular formula is C11H19NO2. The molecule has 0 spiro atoms. The van der Waals surface area contributed by atoms with E-state index in [0.29, 0.717) is 12.5 Å². The lowest BCUT2D eigenvalue weighted by molar-refractivity contribution is -0.132. The zero-order valence-electron chi connectivity index (χ0n) is 8.81. The van der Waals surface area contributed by atoms with E-state index in [1.54, 1.807) is 0 Å². The van der Waals surface area contributed by atoms with Gasteiger partial charge in [-0.25, -0.2) is 0 Å². The van der Waals surface area contributed by atoms with Gasteiger partial charge in [0.25, 0.3) is 0 Å². The molecule has 14 heavy (non-hydrogen) atoms. The highest BCUT2D eigenvalue weighted by Crippen LogP contribution is 2.54. The summed E-state index contributed by atoms with van der Waals surface area (Å²) in [6.45, 7) is 4.63. The molecule has 0 aromatic heterocycles. The maximum absolute atomic E-state index is 9.77. The van der Waals surface area contributed by atoms with Crippen molar-refractivity contribution in [2.24, 2.45) is 23.0 Å². The Morgan fingerprint density at radius 3 is 2.79 bits per heavy atom. The number of allylic oxidation sites excluding steroid dienone is 1. The minimum absolute atomic E-state index is 0.0477. The lowest BCUT2D eigenvalue weighted by atomic mass is 9.70. The third-order valence-corrected chi connectivity index (χ3v) is 3.73. The standard InChI is InChI=1S/C11H19NO2/c1-3-14-10(13)7-6-11(2)5-4-8(11)9(7)12/h4-5,7-10,13H,3,6,12H2,1-2H3. The van der Waals surface area contributed by atoms with Gasteiger partial charge in [0.2, 0.25) is 0 Å². The highest BCUT2D eigenvalue weighted by Gasteiger charge is 2.53. The first-order chi connectivity index (χ1) is 6.58. The monoisotopic (exact) mass is 197 g/mol. The Kier molecular flexibility index (Phi) is 2.41. The van der Waals surface area contributed by atoms with Crippen molar-refractivity contribution >= 4 is 0 Å². The van der Waals surface area contributed by atoms with Crippen LogP contribution in [-0.2, 0) is 4.74 Å². The van der Waals surface area contributed by atoms with Gasteiger partial charge in [-0.1, -0.05) is 19.1 Å². The molecule has 1 saturated carbocycles. The van der Waals surface area contributed by atoms with Crippen LogP contribution in [-0.4, -0.2) is 24.0 Å². The van der Waals surface area contributed by atoms with Gasteiger partial charge >= 0.3 is 0 Å². The molecule has 0 aromatic carbocycles. The summed E-state index contributed by atoms with van der Waals surface area (Å²) in [7, 11) is 0. The van der Waals surface area contributed by atoms with Gasteiger partial charge in [0, 0.05) is 24.5 Å². The third-order valence-electron chi connectivity index (χ3n) is 3.73. The van der Waals surface area contributed by atoms with Crippen LogP contribution in [0.1, 0.15) is 20.3 Å². The van der Waals surface area contributed by atoms with Crippen LogP contribution in [0.4, 0.5) is 0 Å². The van der Waals surface area contributed by atoms with Gasteiger partial charge in [-0.3, -0.25) is 0 Å². The molecule has 3 N–H and O–H groups in total. The summed E-state index contributed by atoms with van der Waals surface area (Å²) in [5.41, 5.74) is 6.30. The zero-order valence-corrected chi connectivity index (χ0v) is 8.81. The second kappa shape index (κ2) is 3.33. The maximum atomic E-state index is 9.77. The van der Waals surface area contributed by atoms with Crippen molar-refractivity contribution in [3.63, 3.8) is 0 Å². The summed E-state index contributed by atoms with van der Waals surface area (Å²) < 4.78 is 5.21. The van der Waals surface area contributed by atoms with Gasteiger partial charge in [0.1, 0.15) is 0 Å². The molecule has 0 aromatic rings. The van der Waals surface area contributed by atoms with Crippen molar-refractivity contribution in [3.8, 4) is 0 Å². The van der Waals surface area contributed by atoms with E-state index in [-0.39, 0.29) is 17.4 Å². The highest BCUT2D eigenvalue weighted by atomic mass is 16.6. The average Bonchev–Trinajstić information content (AvgIpc) is 2.27. The third kappa shape index (κ3) is 1.31. The number of aliphatic hydroxyl groups is 1. The van der Waals surface area contributed by atoms with Gasteiger partial charge in [-0.15, -0.1) is 0 Å². The molecule has 0 saturated heterocycles. The van der Waals surface area contributed by atoms with Crippen LogP contribution in [0.15, 0.2) is 12.2 Å². The number of nitrogens with two attached hydrogens (primary N) is 1. The van der Waals surface area contributed by atoms with Crippen molar-refractivity contribution in [1.82, 2.24) is 0 Å². The summed E-state index contributed by atoms with van der Waals surface area (Å²) in [6.07, 6.45) is 4.61. The fourth-order valence-corrected chi connectivity index (χ4v) is 2.80. The second-order valence-corrected chi connectivity index (χ2v) is 4.68. The second-order valence-electron chi connectivity index (χ2n) is 4.68. The fraction of sp³-hybridized carbons (Fsp3) is 0.818. The number of hydrogen-bond acceptors (Lipinski definition) is 3. The van der Waals surface area contributed by atoms with Gasteiger partial charge in [-0.2, -0.15) is 0 Å². The Hall–Kier alpha value is -0.380. The number of fused-ring (bicyclic) bond motifs is 1. The minimum atomic E-state index is -0.695. The molecule has 80 valence electrons. The van der Waals surface area contributed by atoms with Crippen molar-refractivity contribution in [3.05, 3.63) is 12.2 Å². The predicted octanol–water partition coefficient (Wildman–Crippen LogP) is 0.881. The Balaban J connectivity index is 2.03. The molecule has 0 radical (unpaired) electrons. The number of hydrogen-bond donors (Lipinski definition) is 2. The number of aliphatic hydroxyl groups excluding tert-OH is 1. The Morgan fingerprint density at radius 2 is 2.43 bits per heavy atom. The molecule has 2 aliphatic carbocycles. The first kappa shape index (κ1) is 10.1. The van der Waals surface area contributed by atoms with E-state index in [1.807, 2.05) is 6.92 Å². The fourth-order valence-electron chi connectivity index (χ4n) is 2.80. The molecule has 5 atom stereocenters. The van der Waals surface area contributed by atoms with E-state index < -0.39 is 6.29 Å². The molecule has 0 heterocycles. The van der Waals surface area contributed by atoms with Crippen LogP contribution >= 0.6 is 0 Å². The normalized spacial score (nSPS) is 47.3. The lowest BCUT2D eigenvalue weighted by Crippen LogP contribution is -2.41. The summed E-state index contributed by atoms with van der Waals surface area (Å²) in [5, 5.41) is 9.77. The van der Waals surface area contributed by atoms with Crippen LogP contribution in [0, 0.1) is 17.3 Å². The molecule has 3 nitrogen and oxygen atoms in total. The summed E-state index contributed by atoms with van der Waals surface area (Å²) in [4.78, 5) is 0. The Bertz CT molecular complexity index is 254. The van der Waals surface area contributed by atoms with Crippen LogP contribution in [0.5, 0.6) is 0 Å². The van der Waals surface area contributed by atoms with E-state index >= 15 is 0 Å². The molecule has 0 amide bonds. The SMILES string of the molecule is CCOC(O)C1CC2(C)C=CC2C1N. The van der Waals surface area contributed by atoms with Crippen LogP contribution < -0.4 is 5.73 Å². The van der Waals surface area contributed by atoms with E-state index in [0.717, 1.165) is 6.42 Å². The zero-order chi connectivity index (χ0) is 10.3. The first-order valence-corrected chi connectivity index (χ1v) is 5.33. The van der Waals surface area contributed by atoms with Crippen LogP contribution in [0.25, 0.3) is 0 Å². The van der Waals surface area contributed by atoms with Crippen LogP contribution in [0.2, 0.25) is 0 Å². The Labute approximate surface area is 84.9 Å². The minimum Gasteiger partial charge on any atom is -0.368 e. The summed E-state index contributed by atoms with van der Waals surface area (Å²) in [5.74, 6) is 0.516. The lowest BCUT2D eigenvalue weighted by Gasteiger charge is -2.35. The van der Waals surface area contributed by atoms with Gasteiger partial charge < -0.3 is 15.6 Å². The first-order valence-electron chi connectivity index (χ1n) is 5.33. The van der Waals surface area contributed by atoms with Gasteiger partial charge in [-0.05, 0) is 18.8 Å². The van der Waals surface area contributed by atoms with Crippen molar-refractivity contribution < 1.29 is 9.84 Å². The number of rotatable bonds is 3. The van der Waals surface area contributed by atoms with Crippen molar-refractivity contribution in [2.45, 2.75) is 32.6 Å². The summed E-state index contributed by atoms with van der Waals surface area (Å²) >= 11 is 0. The van der Waals surface area contributed by atoms with Crippen molar-refractivity contribution in [2.75, 3.05) is 6.61 Å². The molecule has 3 heteroatoms. The van der Waals surface area contributed by atoms with E-state index in [1.165, 1.54) is 0 Å². The smallest absolute Gasteiger partial charge is 0.158 e. The Morgan fingerprint density at radius 1 is 1.71 bits per heavy atom. The van der Waals surface area contributed by atoms with E-state index in [4.69, 9.17) is 10.5 Å².